The third-order valence-corrected chi connectivity index (χ3v) is 3.48. The summed E-state index contributed by atoms with van der Waals surface area (Å²) in [6.45, 7) is 2.02. The first-order chi connectivity index (χ1) is 8.83. The van der Waals surface area contributed by atoms with Crippen molar-refractivity contribution in [3.05, 3.63) is 36.5 Å². The number of aromatic nitrogens is 2. The van der Waals surface area contributed by atoms with E-state index in [2.05, 4.69) is 27.2 Å². The van der Waals surface area contributed by atoms with Gasteiger partial charge < -0.3 is 15.1 Å². The number of nitrogens with zero attached hydrogens (tertiary/aromatic N) is 3. The van der Waals surface area contributed by atoms with Gasteiger partial charge in [0, 0.05) is 30.4 Å². The normalized spacial score (nSPS) is 17.0. The highest BCUT2D eigenvalue weighted by Gasteiger charge is 2.24. The fraction of sp³-hybridized carbons (Fsp3) is 0.385. The maximum atomic E-state index is 5.70. The molecule has 0 aliphatic carbocycles. The molecule has 2 aromatic rings. The Labute approximate surface area is 106 Å². The molecule has 1 aromatic heterocycles. The quantitative estimate of drug-likeness (QED) is 0.819. The number of anilines is 2. The van der Waals surface area contributed by atoms with Gasteiger partial charge in [0.15, 0.2) is 0 Å². The lowest BCUT2D eigenvalue weighted by Gasteiger charge is -2.32. The molecule has 0 saturated carbocycles. The first kappa shape index (κ1) is 11.1. The molecule has 2 heterocycles. The van der Waals surface area contributed by atoms with Crippen LogP contribution in [0.25, 0.3) is 0 Å². The molecule has 0 bridgehead atoms. The molecule has 0 atom stereocenters. The van der Waals surface area contributed by atoms with Crippen molar-refractivity contribution in [2.24, 2.45) is 0 Å². The van der Waals surface area contributed by atoms with Crippen LogP contribution in [0.1, 0.15) is 24.7 Å². The Morgan fingerprint density at radius 3 is 2.50 bits per heavy atom. The molecular weight excluding hydrogens is 228 g/mol. The molecule has 0 spiro atoms. The minimum Gasteiger partial charge on any atom is -0.428 e. The molecule has 0 radical (unpaired) electrons. The van der Waals surface area contributed by atoms with Crippen molar-refractivity contribution >= 4 is 11.4 Å². The Kier molecular flexibility index (Phi) is 2.88. The maximum absolute atomic E-state index is 5.70. The molecule has 1 saturated heterocycles. The van der Waals surface area contributed by atoms with Crippen LogP contribution in [0.5, 0.6) is 0 Å². The van der Waals surface area contributed by atoms with Gasteiger partial charge in [-0.2, -0.15) is 0 Å². The minimum absolute atomic E-state index is 0.400. The van der Waals surface area contributed by atoms with E-state index in [1.807, 2.05) is 12.1 Å². The van der Waals surface area contributed by atoms with E-state index < -0.39 is 0 Å². The lowest BCUT2D eigenvalue weighted by molar-refractivity contribution is 0.393. The van der Waals surface area contributed by atoms with Gasteiger partial charge in [-0.1, -0.05) is 0 Å². The zero-order valence-electron chi connectivity index (χ0n) is 10.1. The summed E-state index contributed by atoms with van der Waals surface area (Å²) in [7, 11) is 0. The molecule has 5 nitrogen and oxygen atoms in total. The summed E-state index contributed by atoms with van der Waals surface area (Å²) in [5, 5.41) is 7.74. The topological polar surface area (TPSA) is 68.2 Å². The zero-order chi connectivity index (χ0) is 12.4. The van der Waals surface area contributed by atoms with E-state index in [1.54, 1.807) is 0 Å². The van der Waals surface area contributed by atoms with Crippen molar-refractivity contribution in [1.82, 2.24) is 10.2 Å². The van der Waals surface area contributed by atoms with Crippen molar-refractivity contribution < 1.29 is 4.42 Å². The largest absolute Gasteiger partial charge is 0.428 e. The summed E-state index contributed by atoms with van der Waals surface area (Å²) in [5.74, 6) is 1.17. The molecule has 3 rings (SSSR count). The molecule has 1 aliphatic rings. The first-order valence-electron chi connectivity index (χ1n) is 6.19. The highest BCUT2D eigenvalue weighted by Crippen LogP contribution is 2.29. The highest BCUT2D eigenvalue weighted by atomic mass is 16.4. The lowest BCUT2D eigenvalue weighted by atomic mass is 9.96. The van der Waals surface area contributed by atoms with Crippen LogP contribution in [0, 0.1) is 0 Å². The molecule has 5 heteroatoms. The predicted octanol–water partition coefficient (Wildman–Crippen LogP) is 2.04. The van der Waals surface area contributed by atoms with E-state index in [1.165, 1.54) is 12.1 Å². The Morgan fingerprint density at radius 2 is 1.89 bits per heavy atom. The number of benzene rings is 1. The second kappa shape index (κ2) is 4.68. The third kappa shape index (κ3) is 2.16. The summed E-state index contributed by atoms with van der Waals surface area (Å²) in [6, 6.07) is 8.03. The molecular formula is C13H16N4O. The minimum atomic E-state index is 0.400. The van der Waals surface area contributed by atoms with E-state index in [4.69, 9.17) is 10.2 Å². The van der Waals surface area contributed by atoms with Gasteiger partial charge in [0.1, 0.15) is 0 Å². The summed E-state index contributed by atoms with van der Waals surface area (Å²) in [5.41, 5.74) is 7.73. The van der Waals surface area contributed by atoms with Crippen molar-refractivity contribution in [1.29, 1.82) is 0 Å². The van der Waals surface area contributed by atoms with Crippen molar-refractivity contribution in [2.45, 2.75) is 18.8 Å². The average molecular weight is 244 g/mol. The third-order valence-electron chi connectivity index (χ3n) is 3.48. The first-order valence-corrected chi connectivity index (χ1v) is 6.19. The van der Waals surface area contributed by atoms with E-state index in [-0.39, 0.29) is 0 Å². The summed E-state index contributed by atoms with van der Waals surface area (Å²) >= 11 is 0. The summed E-state index contributed by atoms with van der Waals surface area (Å²) in [6.07, 6.45) is 3.50. The van der Waals surface area contributed by atoms with Gasteiger partial charge in [-0.3, -0.25) is 0 Å². The van der Waals surface area contributed by atoms with Crippen LogP contribution in [0.4, 0.5) is 11.4 Å². The van der Waals surface area contributed by atoms with Gasteiger partial charge in [0.05, 0.1) is 0 Å². The number of nitrogens with two attached hydrogens (primary N) is 1. The Morgan fingerprint density at radius 1 is 1.17 bits per heavy atom. The number of hydrogen-bond acceptors (Lipinski definition) is 5. The van der Waals surface area contributed by atoms with Crippen molar-refractivity contribution in [3.8, 4) is 0 Å². The Hall–Kier alpha value is -2.04. The van der Waals surface area contributed by atoms with Gasteiger partial charge in [-0.25, -0.2) is 0 Å². The summed E-state index contributed by atoms with van der Waals surface area (Å²) in [4.78, 5) is 2.37. The van der Waals surface area contributed by atoms with Gasteiger partial charge in [0.2, 0.25) is 12.3 Å². The van der Waals surface area contributed by atoms with E-state index in [0.717, 1.165) is 37.5 Å². The SMILES string of the molecule is Nc1ccc(N2CCC(c3nnco3)CC2)cc1. The van der Waals surface area contributed by atoms with Crippen LogP contribution in [0.3, 0.4) is 0 Å². The second-order valence-corrected chi connectivity index (χ2v) is 4.63. The molecule has 1 aliphatic heterocycles. The standard InChI is InChI=1S/C13H16N4O/c14-11-1-3-12(4-2-11)17-7-5-10(6-8-17)13-16-15-9-18-13/h1-4,9-10H,5-8,14H2. The van der Waals surface area contributed by atoms with Crippen LogP contribution >= 0.6 is 0 Å². The molecule has 2 N–H and O–H groups in total. The molecule has 0 amide bonds. The number of piperidine rings is 1. The van der Waals surface area contributed by atoms with Crippen LogP contribution in [-0.4, -0.2) is 23.3 Å². The van der Waals surface area contributed by atoms with E-state index >= 15 is 0 Å². The average Bonchev–Trinajstić information content (AvgIpc) is 2.94. The fourth-order valence-corrected chi connectivity index (χ4v) is 2.43. The van der Waals surface area contributed by atoms with E-state index in [9.17, 15) is 0 Å². The highest BCUT2D eigenvalue weighted by molar-refractivity contribution is 5.53. The maximum Gasteiger partial charge on any atom is 0.219 e. The number of nitrogen functional groups attached to an aromatic ring is 1. The van der Waals surface area contributed by atoms with Crippen LogP contribution in [-0.2, 0) is 0 Å². The second-order valence-electron chi connectivity index (χ2n) is 4.63. The zero-order valence-corrected chi connectivity index (χ0v) is 10.1. The number of hydrogen-bond donors (Lipinski definition) is 1. The Bertz CT molecular complexity index is 486. The van der Waals surface area contributed by atoms with Crippen molar-refractivity contribution in [3.63, 3.8) is 0 Å². The fourth-order valence-electron chi connectivity index (χ4n) is 2.43. The van der Waals surface area contributed by atoms with Crippen LogP contribution in [0.15, 0.2) is 35.1 Å². The van der Waals surface area contributed by atoms with Crippen molar-refractivity contribution in [2.75, 3.05) is 23.7 Å². The lowest BCUT2D eigenvalue weighted by Crippen LogP contribution is -2.32. The van der Waals surface area contributed by atoms with E-state index in [0.29, 0.717) is 5.92 Å². The molecule has 1 fully saturated rings. The molecule has 0 unspecified atom stereocenters. The Balaban J connectivity index is 1.65. The van der Waals surface area contributed by atoms with Gasteiger partial charge >= 0.3 is 0 Å². The monoisotopic (exact) mass is 244 g/mol. The summed E-state index contributed by atoms with van der Waals surface area (Å²) < 4.78 is 5.27. The molecule has 94 valence electrons. The molecule has 1 aromatic carbocycles. The van der Waals surface area contributed by atoms with Gasteiger partial charge in [-0.05, 0) is 37.1 Å². The number of rotatable bonds is 2. The van der Waals surface area contributed by atoms with Gasteiger partial charge in [-0.15, -0.1) is 10.2 Å². The predicted molar refractivity (Wildman–Crippen MR) is 69.3 cm³/mol. The smallest absolute Gasteiger partial charge is 0.219 e. The van der Waals surface area contributed by atoms with Gasteiger partial charge in [0.25, 0.3) is 0 Å². The molecule has 18 heavy (non-hydrogen) atoms. The van der Waals surface area contributed by atoms with Crippen LogP contribution in [0.2, 0.25) is 0 Å². The van der Waals surface area contributed by atoms with Crippen LogP contribution < -0.4 is 10.6 Å².